The van der Waals surface area contributed by atoms with Gasteiger partial charge in [0, 0.05) is 0 Å². The van der Waals surface area contributed by atoms with Crippen LogP contribution in [0.4, 0.5) is 0 Å². The van der Waals surface area contributed by atoms with Crippen LogP contribution in [0.1, 0.15) is 11.1 Å². The van der Waals surface area contributed by atoms with Crippen LogP contribution in [0, 0.1) is 0 Å². The van der Waals surface area contributed by atoms with Gasteiger partial charge in [-0.1, -0.05) is 42.5 Å². The van der Waals surface area contributed by atoms with Gasteiger partial charge in [0.05, 0.1) is 13.7 Å². The second-order valence-electron chi connectivity index (χ2n) is 4.11. The van der Waals surface area contributed by atoms with Crippen LogP contribution in [0.5, 0.6) is 5.75 Å². The van der Waals surface area contributed by atoms with Gasteiger partial charge in [-0.25, -0.2) is 0 Å². The Balaban J connectivity index is 2.43. The average molecular weight is 244 g/mol. The molecular weight excluding hydrogens is 228 g/mol. The van der Waals surface area contributed by atoms with Crippen LogP contribution < -0.4 is 4.74 Å². The van der Waals surface area contributed by atoms with E-state index < -0.39 is 5.60 Å². The van der Waals surface area contributed by atoms with Crippen molar-refractivity contribution in [2.75, 3.05) is 13.7 Å². The molecule has 2 N–H and O–H groups in total. The molecule has 0 heterocycles. The Hall–Kier alpha value is -1.84. The maximum atomic E-state index is 10.6. The van der Waals surface area contributed by atoms with Crippen LogP contribution in [-0.2, 0) is 5.60 Å². The summed E-state index contributed by atoms with van der Waals surface area (Å²) in [7, 11) is 1.59. The number of rotatable bonds is 4. The van der Waals surface area contributed by atoms with Gasteiger partial charge in [0.25, 0.3) is 0 Å². The molecule has 3 nitrogen and oxygen atoms in total. The molecule has 94 valence electrons. The average Bonchev–Trinajstić information content (AvgIpc) is 2.47. The molecule has 3 heteroatoms. The van der Waals surface area contributed by atoms with E-state index in [4.69, 9.17) is 4.74 Å². The van der Waals surface area contributed by atoms with Crippen LogP contribution in [0.2, 0.25) is 0 Å². The predicted molar refractivity (Wildman–Crippen MR) is 69.5 cm³/mol. The molecular formula is C15H16O3. The smallest absolute Gasteiger partial charge is 0.138 e. The molecule has 0 bridgehead atoms. The number of methoxy groups -OCH3 is 1. The maximum absolute atomic E-state index is 10.6. The van der Waals surface area contributed by atoms with Crippen molar-refractivity contribution in [3.05, 3.63) is 65.7 Å². The fourth-order valence-electron chi connectivity index (χ4n) is 1.93. The third-order valence-electron chi connectivity index (χ3n) is 3.05. The van der Waals surface area contributed by atoms with Gasteiger partial charge in [-0.15, -0.1) is 0 Å². The summed E-state index contributed by atoms with van der Waals surface area (Å²) in [6, 6.07) is 16.1. The van der Waals surface area contributed by atoms with E-state index in [-0.39, 0.29) is 6.61 Å². The van der Waals surface area contributed by atoms with Crippen LogP contribution in [0.15, 0.2) is 54.6 Å². The predicted octanol–water partition coefficient (Wildman–Crippen LogP) is 1.92. The molecule has 0 aliphatic rings. The summed E-state index contributed by atoms with van der Waals surface area (Å²) in [5, 5.41) is 20.2. The highest BCUT2D eigenvalue weighted by atomic mass is 16.5. The summed E-state index contributed by atoms with van der Waals surface area (Å²) in [5.41, 5.74) is -0.0808. The zero-order chi connectivity index (χ0) is 13.0. The number of hydrogen-bond donors (Lipinski definition) is 2. The van der Waals surface area contributed by atoms with E-state index in [2.05, 4.69) is 0 Å². The Morgan fingerprint density at radius 1 is 0.944 bits per heavy atom. The van der Waals surface area contributed by atoms with E-state index in [1.165, 1.54) is 0 Å². The highest BCUT2D eigenvalue weighted by Gasteiger charge is 2.30. The lowest BCUT2D eigenvalue weighted by molar-refractivity contribution is 0.0172. The van der Waals surface area contributed by atoms with E-state index in [9.17, 15) is 10.2 Å². The van der Waals surface area contributed by atoms with Crippen LogP contribution >= 0.6 is 0 Å². The molecule has 1 unspecified atom stereocenters. The lowest BCUT2D eigenvalue weighted by atomic mass is 9.87. The van der Waals surface area contributed by atoms with Crippen molar-refractivity contribution in [1.29, 1.82) is 0 Å². The Kier molecular flexibility index (Phi) is 3.65. The molecule has 0 aliphatic carbocycles. The first-order chi connectivity index (χ1) is 8.70. The van der Waals surface area contributed by atoms with Gasteiger partial charge in [-0.3, -0.25) is 0 Å². The lowest BCUT2D eigenvalue weighted by Gasteiger charge is -2.27. The van der Waals surface area contributed by atoms with Gasteiger partial charge in [0.2, 0.25) is 0 Å². The number of aliphatic hydroxyl groups excluding tert-OH is 1. The Morgan fingerprint density at radius 2 is 1.50 bits per heavy atom. The summed E-state index contributed by atoms with van der Waals surface area (Å²) in [5.74, 6) is 0.715. The van der Waals surface area contributed by atoms with Crippen molar-refractivity contribution in [2.45, 2.75) is 5.60 Å². The third kappa shape index (κ3) is 2.23. The maximum Gasteiger partial charge on any atom is 0.138 e. The highest BCUT2D eigenvalue weighted by Crippen LogP contribution is 2.30. The Morgan fingerprint density at radius 3 is 2.00 bits per heavy atom. The third-order valence-corrected chi connectivity index (χ3v) is 3.05. The minimum Gasteiger partial charge on any atom is -0.497 e. The minimum atomic E-state index is -1.38. The van der Waals surface area contributed by atoms with Gasteiger partial charge in [-0.05, 0) is 23.3 Å². The van der Waals surface area contributed by atoms with Crippen molar-refractivity contribution in [3.63, 3.8) is 0 Å². The summed E-state index contributed by atoms with van der Waals surface area (Å²) in [4.78, 5) is 0. The molecule has 2 aromatic rings. The van der Waals surface area contributed by atoms with E-state index in [1.54, 1.807) is 43.5 Å². The van der Waals surface area contributed by atoms with Gasteiger partial charge >= 0.3 is 0 Å². The molecule has 1 atom stereocenters. The monoisotopic (exact) mass is 244 g/mol. The highest BCUT2D eigenvalue weighted by molar-refractivity contribution is 5.38. The quantitative estimate of drug-likeness (QED) is 0.864. The second kappa shape index (κ2) is 5.21. The van der Waals surface area contributed by atoms with Crippen molar-refractivity contribution < 1.29 is 14.9 Å². The Bertz CT molecular complexity index is 493. The lowest BCUT2D eigenvalue weighted by Crippen LogP contribution is -2.31. The van der Waals surface area contributed by atoms with Gasteiger partial charge in [0.15, 0.2) is 0 Å². The van der Waals surface area contributed by atoms with Gasteiger partial charge in [-0.2, -0.15) is 0 Å². The first kappa shape index (κ1) is 12.6. The largest absolute Gasteiger partial charge is 0.497 e. The molecule has 0 spiro atoms. The summed E-state index contributed by atoms with van der Waals surface area (Å²) < 4.78 is 5.08. The van der Waals surface area contributed by atoms with Gasteiger partial charge in [0.1, 0.15) is 11.4 Å². The second-order valence-corrected chi connectivity index (χ2v) is 4.11. The number of aliphatic hydroxyl groups is 2. The first-order valence-corrected chi connectivity index (χ1v) is 5.74. The van der Waals surface area contributed by atoms with Crippen molar-refractivity contribution >= 4 is 0 Å². The standard InChI is InChI=1S/C15H16O3/c1-18-14-9-7-13(8-10-14)15(17,11-16)12-5-3-2-4-6-12/h2-10,16-17H,11H2,1H3. The molecule has 0 saturated carbocycles. The summed E-state index contributed by atoms with van der Waals surface area (Å²) >= 11 is 0. The molecule has 0 saturated heterocycles. The fraction of sp³-hybridized carbons (Fsp3) is 0.200. The van der Waals surface area contributed by atoms with Crippen LogP contribution in [-0.4, -0.2) is 23.9 Å². The minimum absolute atomic E-state index is 0.372. The number of hydrogen-bond acceptors (Lipinski definition) is 3. The first-order valence-electron chi connectivity index (χ1n) is 5.74. The molecule has 0 aliphatic heterocycles. The summed E-state index contributed by atoms with van der Waals surface area (Å²) in [6.07, 6.45) is 0. The topological polar surface area (TPSA) is 49.7 Å². The van der Waals surface area contributed by atoms with Crippen molar-refractivity contribution in [3.8, 4) is 5.75 Å². The summed E-state index contributed by atoms with van der Waals surface area (Å²) in [6.45, 7) is -0.372. The van der Waals surface area contributed by atoms with E-state index in [0.717, 1.165) is 0 Å². The molecule has 0 amide bonds. The number of ether oxygens (including phenoxy) is 1. The molecule has 2 rings (SSSR count). The molecule has 0 fully saturated rings. The molecule has 18 heavy (non-hydrogen) atoms. The van der Waals surface area contributed by atoms with Crippen molar-refractivity contribution in [2.24, 2.45) is 0 Å². The normalized spacial score (nSPS) is 13.9. The van der Waals surface area contributed by atoms with Crippen LogP contribution in [0.3, 0.4) is 0 Å². The zero-order valence-electron chi connectivity index (χ0n) is 10.2. The van der Waals surface area contributed by atoms with E-state index in [1.807, 2.05) is 18.2 Å². The van der Waals surface area contributed by atoms with E-state index in [0.29, 0.717) is 16.9 Å². The van der Waals surface area contributed by atoms with E-state index >= 15 is 0 Å². The zero-order valence-corrected chi connectivity index (χ0v) is 10.2. The number of benzene rings is 2. The van der Waals surface area contributed by atoms with Crippen LogP contribution in [0.25, 0.3) is 0 Å². The SMILES string of the molecule is COc1ccc(C(O)(CO)c2ccccc2)cc1. The van der Waals surface area contributed by atoms with Gasteiger partial charge < -0.3 is 14.9 Å². The Labute approximate surface area is 106 Å². The van der Waals surface area contributed by atoms with Crippen molar-refractivity contribution in [1.82, 2.24) is 0 Å². The molecule has 2 aromatic carbocycles. The fourth-order valence-corrected chi connectivity index (χ4v) is 1.93. The molecule has 0 radical (unpaired) electrons. The molecule has 0 aromatic heterocycles.